The van der Waals surface area contributed by atoms with E-state index in [9.17, 15) is 8.78 Å². The summed E-state index contributed by atoms with van der Waals surface area (Å²) in [7, 11) is 1.89. The van der Waals surface area contributed by atoms with Crippen molar-refractivity contribution in [1.82, 2.24) is 4.90 Å². The molecule has 0 amide bonds. The van der Waals surface area contributed by atoms with Gasteiger partial charge in [0.25, 0.3) is 0 Å². The van der Waals surface area contributed by atoms with Crippen LogP contribution in [0.3, 0.4) is 0 Å². The minimum atomic E-state index is -0.339. The topological polar surface area (TPSA) is 29.3 Å². The van der Waals surface area contributed by atoms with Crippen LogP contribution in [0, 0.1) is 11.6 Å². The number of hydrogen-bond donors (Lipinski definition) is 1. The number of halogens is 2. The molecule has 0 bridgehead atoms. The number of anilines is 1. The van der Waals surface area contributed by atoms with Gasteiger partial charge >= 0.3 is 0 Å². The first-order chi connectivity index (χ1) is 9.02. The van der Waals surface area contributed by atoms with Gasteiger partial charge in [-0.2, -0.15) is 0 Å². The molecule has 0 heterocycles. The summed E-state index contributed by atoms with van der Waals surface area (Å²) in [4.78, 5) is 1.98. The molecule has 0 unspecified atom stereocenters. The SMILES string of the molecule is CN(Cc1cccc(F)c1)Cc1cc(N)cc(F)c1. The molecule has 4 heteroatoms. The highest BCUT2D eigenvalue weighted by Crippen LogP contribution is 2.14. The monoisotopic (exact) mass is 262 g/mol. The fraction of sp³-hybridized carbons (Fsp3) is 0.200. The Bertz CT molecular complexity index is 550. The van der Waals surface area contributed by atoms with Gasteiger partial charge in [-0.15, -0.1) is 0 Å². The maximum absolute atomic E-state index is 13.2. The third kappa shape index (κ3) is 4.03. The lowest BCUT2D eigenvalue weighted by atomic mass is 10.1. The molecule has 0 radical (unpaired) electrons. The quantitative estimate of drug-likeness (QED) is 0.857. The molecule has 0 atom stereocenters. The zero-order valence-electron chi connectivity index (χ0n) is 10.7. The summed E-state index contributed by atoms with van der Waals surface area (Å²) in [5.74, 6) is -0.588. The lowest BCUT2D eigenvalue weighted by molar-refractivity contribution is 0.318. The fourth-order valence-electron chi connectivity index (χ4n) is 2.08. The lowest BCUT2D eigenvalue weighted by Gasteiger charge is -2.17. The number of nitrogen functional groups attached to an aromatic ring is 1. The van der Waals surface area contributed by atoms with Crippen molar-refractivity contribution in [3.8, 4) is 0 Å². The van der Waals surface area contributed by atoms with E-state index in [4.69, 9.17) is 5.73 Å². The molecule has 0 saturated heterocycles. The fourth-order valence-corrected chi connectivity index (χ4v) is 2.08. The van der Waals surface area contributed by atoms with Crippen LogP contribution in [0.15, 0.2) is 42.5 Å². The van der Waals surface area contributed by atoms with Crippen LogP contribution in [0.4, 0.5) is 14.5 Å². The van der Waals surface area contributed by atoms with E-state index in [1.165, 1.54) is 24.3 Å². The van der Waals surface area contributed by atoms with Gasteiger partial charge in [-0.3, -0.25) is 4.90 Å². The molecular weight excluding hydrogens is 246 g/mol. The molecule has 0 fully saturated rings. The molecule has 0 saturated carbocycles. The molecule has 0 aromatic heterocycles. The maximum Gasteiger partial charge on any atom is 0.125 e. The second-order valence-corrected chi connectivity index (χ2v) is 4.70. The van der Waals surface area contributed by atoms with Crippen molar-refractivity contribution in [1.29, 1.82) is 0 Å². The average molecular weight is 262 g/mol. The van der Waals surface area contributed by atoms with E-state index in [1.54, 1.807) is 12.1 Å². The normalized spacial score (nSPS) is 10.9. The van der Waals surface area contributed by atoms with Crippen LogP contribution in [-0.2, 0) is 13.1 Å². The molecule has 0 aliphatic rings. The predicted octanol–water partition coefficient (Wildman–Crippen LogP) is 3.18. The van der Waals surface area contributed by atoms with Gasteiger partial charge < -0.3 is 5.73 Å². The number of benzene rings is 2. The van der Waals surface area contributed by atoms with Gasteiger partial charge in [0.2, 0.25) is 0 Å². The van der Waals surface area contributed by atoms with Crippen LogP contribution in [-0.4, -0.2) is 11.9 Å². The predicted molar refractivity (Wildman–Crippen MR) is 72.4 cm³/mol. The Kier molecular flexibility index (Phi) is 4.12. The van der Waals surface area contributed by atoms with Crippen LogP contribution in [0.1, 0.15) is 11.1 Å². The largest absolute Gasteiger partial charge is 0.399 e. The maximum atomic E-state index is 13.2. The summed E-state index contributed by atoms with van der Waals surface area (Å²) in [6, 6.07) is 10.9. The van der Waals surface area contributed by atoms with Gasteiger partial charge in [0, 0.05) is 18.8 Å². The number of rotatable bonds is 4. The minimum absolute atomic E-state index is 0.249. The summed E-state index contributed by atoms with van der Waals surface area (Å²) in [5.41, 5.74) is 7.69. The van der Waals surface area contributed by atoms with Gasteiger partial charge in [-0.1, -0.05) is 12.1 Å². The zero-order valence-corrected chi connectivity index (χ0v) is 10.7. The summed E-state index contributed by atoms with van der Waals surface area (Å²) < 4.78 is 26.3. The highest BCUT2D eigenvalue weighted by molar-refractivity contribution is 5.41. The van der Waals surface area contributed by atoms with Crippen LogP contribution in [0.5, 0.6) is 0 Å². The van der Waals surface area contributed by atoms with E-state index in [2.05, 4.69) is 0 Å². The van der Waals surface area contributed by atoms with E-state index in [0.29, 0.717) is 18.8 Å². The summed E-state index contributed by atoms with van der Waals surface area (Å²) in [6.45, 7) is 1.15. The molecule has 0 spiro atoms. The van der Waals surface area contributed by atoms with Crippen LogP contribution in [0.2, 0.25) is 0 Å². The number of nitrogens with two attached hydrogens (primary N) is 1. The van der Waals surface area contributed by atoms with Gasteiger partial charge in [0.05, 0.1) is 0 Å². The molecule has 2 N–H and O–H groups in total. The first-order valence-electron chi connectivity index (χ1n) is 6.01. The van der Waals surface area contributed by atoms with E-state index in [1.807, 2.05) is 18.0 Å². The third-order valence-electron chi connectivity index (χ3n) is 2.77. The smallest absolute Gasteiger partial charge is 0.125 e. The van der Waals surface area contributed by atoms with E-state index in [-0.39, 0.29) is 11.6 Å². The molecular formula is C15H16F2N2. The van der Waals surface area contributed by atoms with Gasteiger partial charge in [0.1, 0.15) is 11.6 Å². The Balaban J connectivity index is 2.03. The average Bonchev–Trinajstić information content (AvgIpc) is 2.26. The Morgan fingerprint density at radius 3 is 2.32 bits per heavy atom. The second kappa shape index (κ2) is 5.80. The van der Waals surface area contributed by atoms with Gasteiger partial charge in [-0.25, -0.2) is 8.78 Å². The highest BCUT2D eigenvalue weighted by atomic mass is 19.1. The van der Waals surface area contributed by atoms with Crippen molar-refractivity contribution < 1.29 is 8.78 Å². The Hall–Kier alpha value is -1.94. The molecule has 2 rings (SSSR count). The lowest BCUT2D eigenvalue weighted by Crippen LogP contribution is -2.17. The third-order valence-corrected chi connectivity index (χ3v) is 2.77. The van der Waals surface area contributed by atoms with Crippen molar-refractivity contribution in [3.63, 3.8) is 0 Å². The van der Waals surface area contributed by atoms with Crippen LogP contribution in [0.25, 0.3) is 0 Å². The number of nitrogens with zero attached hydrogens (tertiary/aromatic N) is 1. The molecule has 0 aliphatic heterocycles. The number of hydrogen-bond acceptors (Lipinski definition) is 2. The Morgan fingerprint density at radius 1 is 0.947 bits per heavy atom. The first-order valence-corrected chi connectivity index (χ1v) is 6.01. The molecule has 100 valence electrons. The van der Waals surface area contributed by atoms with Gasteiger partial charge in [0.15, 0.2) is 0 Å². The van der Waals surface area contributed by atoms with Crippen molar-refractivity contribution in [2.75, 3.05) is 12.8 Å². The molecule has 0 aliphatic carbocycles. The summed E-state index contributed by atoms with van der Waals surface area (Å²) >= 11 is 0. The summed E-state index contributed by atoms with van der Waals surface area (Å²) in [6.07, 6.45) is 0. The molecule has 19 heavy (non-hydrogen) atoms. The first kappa shape index (κ1) is 13.5. The van der Waals surface area contributed by atoms with E-state index >= 15 is 0 Å². The van der Waals surface area contributed by atoms with Crippen molar-refractivity contribution in [3.05, 3.63) is 65.2 Å². The van der Waals surface area contributed by atoms with Crippen LogP contribution < -0.4 is 5.73 Å². The van der Waals surface area contributed by atoms with Crippen LogP contribution >= 0.6 is 0 Å². The highest BCUT2D eigenvalue weighted by Gasteiger charge is 2.05. The molecule has 2 aromatic carbocycles. The molecule has 2 aromatic rings. The van der Waals surface area contributed by atoms with Gasteiger partial charge in [-0.05, 0) is 48.5 Å². The Morgan fingerprint density at radius 2 is 1.63 bits per heavy atom. The Labute approximate surface area is 111 Å². The second-order valence-electron chi connectivity index (χ2n) is 4.70. The minimum Gasteiger partial charge on any atom is -0.399 e. The standard InChI is InChI=1S/C15H16F2N2/c1-19(9-11-3-2-4-13(16)5-11)10-12-6-14(17)8-15(18)7-12/h2-8H,9-10,18H2,1H3. The van der Waals surface area contributed by atoms with Crippen molar-refractivity contribution >= 4 is 5.69 Å². The zero-order chi connectivity index (χ0) is 13.8. The molecule has 2 nitrogen and oxygen atoms in total. The van der Waals surface area contributed by atoms with Crippen molar-refractivity contribution in [2.24, 2.45) is 0 Å². The van der Waals surface area contributed by atoms with E-state index < -0.39 is 0 Å². The summed E-state index contributed by atoms with van der Waals surface area (Å²) in [5, 5.41) is 0. The van der Waals surface area contributed by atoms with E-state index in [0.717, 1.165) is 11.1 Å². The van der Waals surface area contributed by atoms with Crippen molar-refractivity contribution in [2.45, 2.75) is 13.1 Å².